The molecule has 1 saturated carbocycles. The second-order valence-corrected chi connectivity index (χ2v) is 11.2. The van der Waals surface area contributed by atoms with Crippen LogP contribution in [-0.4, -0.2) is 71.8 Å². The fourth-order valence-corrected chi connectivity index (χ4v) is 5.08. The number of rotatable bonds is 8. The molecule has 1 aromatic carbocycles. The molecule has 2 amide bonds. The summed E-state index contributed by atoms with van der Waals surface area (Å²) in [5.74, 6) is -0.0611. The highest BCUT2D eigenvalue weighted by molar-refractivity contribution is 5.90. The van der Waals surface area contributed by atoms with Gasteiger partial charge in [-0.15, -0.1) is 5.10 Å². The van der Waals surface area contributed by atoms with Crippen LogP contribution in [0.3, 0.4) is 0 Å². The zero-order valence-electron chi connectivity index (χ0n) is 21.6. The molecule has 3 atom stereocenters. The van der Waals surface area contributed by atoms with Gasteiger partial charge in [0.1, 0.15) is 12.1 Å². The van der Waals surface area contributed by atoms with Gasteiger partial charge in [0.15, 0.2) is 0 Å². The Morgan fingerprint density at radius 2 is 1.92 bits per heavy atom. The SMILES string of the molecule is CC(C)(C)[C@@H](C(=O)N1CC(O)CC1C(=O)NCCc1ccnn1-c1ccccc1)n1cc(C2CC2)nn1. The molecule has 5 rings (SSSR count). The molecule has 3 aromatic rings. The van der Waals surface area contributed by atoms with Crippen molar-refractivity contribution in [2.45, 2.75) is 70.6 Å². The fraction of sp³-hybridized carbons (Fsp3) is 0.519. The smallest absolute Gasteiger partial charge is 0.248 e. The van der Waals surface area contributed by atoms with Crippen LogP contribution in [0.4, 0.5) is 0 Å². The molecule has 37 heavy (non-hydrogen) atoms. The lowest BCUT2D eigenvalue weighted by Crippen LogP contribution is -2.50. The summed E-state index contributed by atoms with van der Waals surface area (Å²) in [6.07, 6.45) is 5.83. The number of nitrogens with zero attached hydrogens (tertiary/aromatic N) is 6. The normalized spacial score (nSPS) is 20.7. The summed E-state index contributed by atoms with van der Waals surface area (Å²) in [6.45, 7) is 6.44. The second-order valence-electron chi connectivity index (χ2n) is 11.2. The number of β-amino-alcohol motifs (C(OH)–C–C–N with tert-alkyl or cyclic N) is 1. The van der Waals surface area contributed by atoms with Gasteiger partial charge in [0.05, 0.1) is 17.5 Å². The van der Waals surface area contributed by atoms with Crippen molar-refractivity contribution < 1.29 is 14.7 Å². The van der Waals surface area contributed by atoms with E-state index in [-0.39, 0.29) is 24.8 Å². The van der Waals surface area contributed by atoms with Crippen molar-refractivity contribution in [2.75, 3.05) is 13.1 Å². The quantitative estimate of drug-likeness (QED) is 0.485. The van der Waals surface area contributed by atoms with Crippen molar-refractivity contribution in [1.29, 1.82) is 0 Å². The van der Waals surface area contributed by atoms with Crippen LogP contribution in [0.2, 0.25) is 0 Å². The van der Waals surface area contributed by atoms with Crippen molar-refractivity contribution >= 4 is 11.8 Å². The van der Waals surface area contributed by atoms with E-state index in [0.717, 1.165) is 29.9 Å². The monoisotopic (exact) mass is 505 g/mol. The van der Waals surface area contributed by atoms with Gasteiger partial charge in [0.25, 0.3) is 0 Å². The highest BCUT2D eigenvalue weighted by Crippen LogP contribution is 2.40. The van der Waals surface area contributed by atoms with E-state index in [1.807, 2.05) is 68.0 Å². The number of aromatic nitrogens is 5. The molecule has 2 aliphatic rings. The first-order valence-corrected chi connectivity index (χ1v) is 13.0. The van der Waals surface area contributed by atoms with E-state index < -0.39 is 23.6 Å². The summed E-state index contributed by atoms with van der Waals surface area (Å²) in [5.41, 5.74) is 2.37. The molecule has 2 unspecified atom stereocenters. The van der Waals surface area contributed by atoms with Crippen LogP contribution in [0.5, 0.6) is 0 Å². The first kappa shape index (κ1) is 25.1. The summed E-state index contributed by atoms with van der Waals surface area (Å²) in [7, 11) is 0. The van der Waals surface area contributed by atoms with Crippen LogP contribution < -0.4 is 5.32 Å². The molecule has 2 N–H and O–H groups in total. The maximum absolute atomic E-state index is 13.8. The Morgan fingerprint density at radius 1 is 1.16 bits per heavy atom. The molecule has 3 heterocycles. The second kappa shape index (κ2) is 10.1. The van der Waals surface area contributed by atoms with Crippen molar-refractivity contribution in [3.05, 3.63) is 60.2 Å². The Bertz CT molecular complexity index is 1240. The lowest BCUT2D eigenvalue weighted by atomic mass is 9.85. The van der Waals surface area contributed by atoms with Crippen LogP contribution in [0.15, 0.2) is 48.8 Å². The molecule has 0 spiro atoms. The number of carbonyl (C=O) groups is 2. The molecule has 10 nitrogen and oxygen atoms in total. The van der Waals surface area contributed by atoms with Crippen LogP contribution >= 0.6 is 0 Å². The minimum absolute atomic E-state index is 0.120. The lowest BCUT2D eigenvalue weighted by molar-refractivity contribution is -0.144. The summed E-state index contributed by atoms with van der Waals surface area (Å²) in [5, 5.41) is 26.4. The minimum Gasteiger partial charge on any atom is -0.391 e. The number of hydrogen-bond acceptors (Lipinski definition) is 6. The third-order valence-electron chi connectivity index (χ3n) is 7.11. The lowest BCUT2D eigenvalue weighted by Gasteiger charge is -2.34. The zero-order chi connectivity index (χ0) is 26.2. The van der Waals surface area contributed by atoms with Crippen molar-refractivity contribution in [3.63, 3.8) is 0 Å². The molecule has 1 aliphatic carbocycles. The molecular formula is C27H35N7O3. The first-order valence-electron chi connectivity index (χ1n) is 13.0. The van der Waals surface area contributed by atoms with Gasteiger partial charge in [-0.1, -0.05) is 44.2 Å². The van der Waals surface area contributed by atoms with E-state index in [0.29, 0.717) is 18.9 Å². The Balaban J connectivity index is 1.26. The predicted molar refractivity (Wildman–Crippen MR) is 137 cm³/mol. The van der Waals surface area contributed by atoms with Gasteiger partial charge in [-0.25, -0.2) is 9.36 Å². The van der Waals surface area contributed by atoms with Crippen molar-refractivity contribution in [2.24, 2.45) is 5.41 Å². The minimum atomic E-state index is -0.752. The molecule has 0 radical (unpaired) electrons. The van der Waals surface area contributed by atoms with E-state index in [9.17, 15) is 14.7 Å². The number of nitrogens with one attached hydrogen (secondary N) is 1. The number of aliphatic hydroxyl groups is 1. The molecule has 2 fully saturated rings. The van der Waals surface area contributed by atoms with Gasteiger partial charge >= 0.3 is 0 Å². The van der Waals surface area contributed by atoms with Crippen LogP contribution in [0.25, 0.3) is 5.69 Å². The molecule has 10 heteroatoms. The van der Waals surface area contributed by atoms with E-state index >= 15 is 0 Å². The average Bonchev–Trinajstić information content (AvgIpc) is 3.24. The molecule has 2 aromatic heterocycles. The van der Waals surface area contributed by atoms with Gasteiger partial charge in [0.2, 0.25) is 11.8 Å². The Kier molecular flexibility index (Phi) is 6.85. The van der Waals surface area contributed by atoms with Crippen LogP contribution in [-0.2, 0) is 16.0 Å². The third kappa shape index (κ3) is 5.44. The molecular weight excluding hydrogens is 470 g/mol. The van der Waals surface area contributed by atoms with Crippen molar-refractivity contribution in [1.82, 2.24) is 35.0 Å². The zero-order valence-corrected chi connectivity index (χ0v) is 21.6. The van der Waals surface area contributed by atoms with Gasteiger partial charge in [0, 0.05) is 49.9 Å². The maximum Gasteiger partial charge on any atom is 0.248 e. The summed E-state index contributed by atoms with van der Waals surface area (Å²) >= 11 is 0. The van der Waals surface area contributed by atoms with Gasteiger partial charge < -0.3 is 15.3 Å². The number of carbonyl (C=O) groups excluding carboxylic acids is 2. The fourth-order valence-electron chi connectivity index (χ4n) is 5.08. The topological polar surface area (TPSA) is 118 Å². The van der Waals surface area contributed by atoms with Crippen LogP contribution in [0.1, 0.15) is 63.4 Å². The van der Waals surface area contributed by atoms with E-state index in [2.05, 4.69) is 20.7 Å². The predicted octanol–water partition coefficient (Wildman–Crippen LogP) is 2.25. The Labute approximate surface area is 216 Å². The average molecular weight is 506 g/mol. The van der Waals surface area contributed by atoms with Gasteiger partial charge in [-0.3, -0.25) is 9.59 Å². The molecule has 1 aliphatic heterocycles. The van der Waals surface area contributed by atoms with E-state index in [1.54, 1.807) is 10.9 Å². The first-order chi connectivity index (χ1) is 17.7. The Hall–Kier alpha value is -3.53. The van der Waals surface area contributed by atoms with Gasteiger partial charge in [-0.05, 0) is 36.5 Å². The maximum atomic E-state index is 13.8. The number of hydrogen-bond donors (Lipinski definition) is 2. The highest BCUT2D eigenvalue weighted by Gasteiger charge is 2.45. The highest BCUT2D eigenvalue weighted by atomic mass is 16.3. The molecule has 1 saturated heterocycles. The number of benzene rings is 1. The third-order valence-corrected chi connectivity index (χ3v) is 7.11. The summed E-state index contributed by atoms with van der Waals surface area (Å²) in [6, 6.07) is 10.4. The number of aliphatic hydroxyl groups excluding tert-OH is 1. The van der Waals surface area contributed by atoms with Crippen LogP contribution in [0, 0.1) is 5.41 Å². The molecule has 0 bridgehead atoms. The van der Waals surface area contributed by atoms with Gasteiger partial charge in [-0.2, -0.15) is 5.10 Å². The van der Waals surface area contributed by atoms with Crippen molar-refractivity contribution in [3.8, 4) is 5.69 Å². The van der Waals surface area contributed by atoms with E-state index in [4.69, 9.17) is 0 Å². The summed E-state index contributed by atoms with van der Waals surface area (Å²) in [4.78, 5) is 28.6. The molecule has 196 valence electrons. The number of amides is 2. The summed E-state index contributed by atoms with van der Waals surface area (Å²) < 4.78 is 3.49. The number of para-hydroxylation sites is 1. The Morgan fingerprint density at radius 3 is 2.62 bits per heavy atom. The van der Waals surface area contributed by atoms with E-state index in [1.165, 1.54) is 4.90 Å². The standard InChI is InChI=1S/C27H35N7O3/c1-27(2,3)24(33-17-22(30-31-33)18-9-10-18)26(37)32-16-21(35)15-23(32)25(36)28-13-11-20-12-14-29-34(20)19-7-5-4-6-8-19/h4-8,12,14,17-18,21,23-24,35H,9-11,13,15-16H2,1-3H3,(H,28,36)/t21?,23?,24-/m1/s1. The number of likely N-dealkylation sites (tertiary alicyclic amines) is 1. The largest absolute Gasteiger partial charge is 0.391 e.